The number of hydrogen-bond acceptors (Lipinski definition) is 2. The van der Waals surface area contributed by atoms with Gasteiger partial charge in [0, 0.05) is 19.6 Å². The minimum Gasteiger partial charge on any atom is -0.493 e. The van der Waals surface area contributed by atoms with Gasteiger partial charge in [0.2, 0.25) is 0 Å². The lowest BCUT2D eigenvalue weighted by Crippen LogP contribution is -2.45. The van der Waals surface area contributed by atoms with Crippen molar-refractivity contribution < 1.29 is 9.53 Å². The molecular formula is C15H22N2O2. The highest BCUT2D eigenvalue weighted by molar-refractivity contribution is 5.74. The van der Waals surface area contributed by atoms with Crippen molar-refractivity contribution in [3.05, 3.63) is 30.3 Å². The lowest BCUT2D eigenvalue weighted by atomic mass is 9.98. The van der Waals surface area contributed by atoms with E-state index >= 15 is 0 Å². The monoisotopic (exact) mass is 262 g/mol. The van der Waals surface area contributed by atoms with Crippen molar-refractivity contribution in [1.82, 2.24) is 10.2 Å². The third-order valence-electron chi connectivity index (χ3n) is 3.46. The standard InChI is InChI=1S/C15H22N2O2/c1-2-16-15(18)17-10-8-13(9-11-17)12-19-14-6-4-3-5-7-14/h3-7,13H,2,8-12H2,1H3,(H,16,18). The molecule has 19 heavy (non-hydrogen) atoms. The third kappa shape index (κ3) is 4.16. The van der Waals surface area contributed by atoms with Gasteiger partial charge in [0.1, 0.15) is 5.75 Å². The zero-order chi connectivity index (χ0) is 13.5. The van der Waals surface area contributed by atoms with Crippen molar-refractivity contribution in [3.63, 3.8) is 0 Å². The molecule has 0 atom stereocenters. The Kier molecular flexibility index (Phi) is 5.07. The summed E-state index contributed by atoms with van der Waals surface area (Å²) in [5.74, 6) is 1.47. The molecule has 1 aliphatic heterocycles. The summed E-state index contributed by atoms with van der Waals surface area (Å²) < 4.78 is 5.77. The van der Waals surface area contributed by atoms with Gasteiger partial charge in [-0.3, -0.25) is 0 Å². The van der Waals surface area contributed by atoms with E-state index in [2.05, 4.69) is 5.32 Å². The minimum atomic E-state index is 0.0601. The Morgan fingerprint density at radius 3 is 2.63 bits per heavy atom. The number of piperidine rings is 1. The van der Waals surface area contributed by atoms with Gasteiger partial charge in [-0.2, -0.15) is 0 Å². The van der Waals surface area contributed by atoms with Gasteiger partial charge in [-0.1, -0.05) is 18.2 Å². The largest absolute Gasteiger partial charge is 0.493 e. The van der Waals surface area contributed by atoms with E-state index in [-0.39, 0.29) is 6.03 Å². The first-order valence-electron chi connectivity index (χ1n) is 7.00. The number of rotatable bonds is 4. The van der Waals surface area contributed by atoms with Gasteiger partial charge in [-0.15, -0.1) is 0 Å². The van der Waals surface area contributed by atoms with E-state index in [1.54, 1.807) is 0 Å². The number of nitrogens with one attached hydrogen (secondary N) is 1. The van der Waals surface area contributed by atoms with E-state index in [9.17, 15) is 4.79 Å². The second-order valence-corrected chi connectivity index (χ2v) is 4.89. The number of nitrogens with zero attached hydrogens (tertiary/aromatic N) is 1. The summed E-state index contributed by atoms with van der Waals surface area (Å²) in [6, 6.07) is 9.95. The predicted octanol–water partition coefficient (Wildman–Crippen LogP) is 2.51. The summed E-state index contributed by atoms with van der Waals surface area (Å²) >= 11 is 0. The van der Waals surface area contributed by atoms with Crippen LogP contribution in [0.5, 0.6) is 5.75 Å². The topological polar surface area (TPSA) is 41.6 Å². The normalized spacial score (nSPS) is 16.2. The van der Waals surface area contributed by atoms with Crippen LogP contribution in [0.1, 0.15) is 19.8 Å². The highest BCUT2D eigenvalue weighted by atomic mass is 16.5. The molecule has 1 N–H and O–H groups in total. The van der Waals surface area contributed by atoms with Crippen LogP contribution in [0.3, 0.4) is 0 Å². The Hall–Kier alpha value is -1.71. The molecule has 1 fully saturated rings. The SMILES string of the molecule is CCNC(=O)N1CCC(COc2ccccc2)CC1. The van der Waals surface area contributed by atoms with Crippen molar-refractivity contribution in [1.29, 1.82) is 0 Å². The maximum atomic E-state index is 11.7. The smallest absolute Gasteiger partial charge is 0.317 e. The summed E-state index contributed by atoms with van der Waals surface area (Å²) in [4.78, 5) is 13.6. The zero-order valence-electron chi connectivity index (χ0n) is 11.5. The number of ether oxygens (including phenoxy) is 1. The van der Waals surface area contributed by atoms with Crippen LogP contribution >= 0.6 is 0 Å². The van der Waals surface area contributed by atoms with Gasteiger partial charge >= 0.3 is 6.03 Å². The average Bonchev–Trinajstić information content (AvgIpc) is 2.47. The fourth-order valence-corrected chi connectivity index (χ4v) is 2.30. The molecule has 0 bridgehead atoms. The lowest BCUT2D eigenvalue weighted by Gasteiger charge is -2.31. The first-order valence-corrected chi connectivity index (χ1v) is 7.00. The molecule has 0 aromatic heterocycles. The second-order valence-electron chi connectivity index (χ2n) is 4.89. The lowest BCUT2D eigenvalue weighted by molar-refractivity contribution is 0.145. The van der Waals surface area contributed by atoms with Crippen LogP contribution in [-0.4, -0.2) is 37.2 Å². The van der Waals surface area contributed by atoms with Crippen LogP contribution in [0.15, 0.2) is 30.3 Å². The molecule has 1 aliphatic rings. The number of amides is 2. The molecular weight excluding hydrogens is 240 g/mol. The molecule has 4 nitrogen and oxygen atoms in total. The van der Waals surface area contributed by atoms with E-state index < -0.39 is 0 Å². The van der Waals surface area contributed by atoms with Gasteiger partial charge in [0.15, 0.2) is 0 Å². The molecule has 0 unspecified atom stereocenters. The molecule has 2 amide bonds. The summed E-state index contributed by atoms with van der Waals surface area (Å²) in [6.07, 6.45) is 2.04. The Bertz CT molecular complexity index is 386. The predicted molar refractivity (Wildman–Crippen MR) is 75.3 cm³/mol. The minimum absolute atomic E-state index is 0.0601. The molecule has 0 aliphatic carbocycles. The Morgan fingerprint density at radius 1 is 1.32 bits per heavy atom. The molecule has 1 aromatic rings. The van der Waals surface area contributed by atoms with Gasteiger partial charge in [-0.05, 0) is 37.8 Å². The van der Waals surface area contributed by atoms with Gasteiger partial charge in [-0.25, -0.2) is 4.79 Å². The van der Waals surface area contributed by atoms with Crippen LogP contribution in [0.2, 0.25) is 0 Å². The van der Waals surface area contributed by atoms with Crippen molar-refractivity contribution in [2.75, 3.05) is 26.2 Å². The zero-order valence-corrected chi connectivity index (χ0v) is 11.5. The number of urea groups is 1. The fraction of sp³-hybridized carbons (Fsp3) is 0.533. The maximum absolute atomic E-state index is 11.7. The molecule has 4 heteroatoms. The first-order chi connectivity index (χ1) is 9.29. The van der Waals surface area contributed by atoms with E-state index in [1.165, 1.54) is 0 Å². The Labute approximate surface area is 114 Å². The van der Waals surface area contributed by atoms with Gasteiger partial charge in [0.25, 0.3) is 0 Å². The number of carbonyl (C=O) groups excluding carboxylic acids is 1. The molecule has 1 saturated heterocycles. The van der Waals surface area contributed by atoms with E-state index in [1.807, 2.05) is 42.2 Å². The van der Waals surface area contributed by atoms with E-state index in [0.29, 0.717) is 12.5 Å². The number of hydrogen-bond donors (Lipinski definition) is 1. The summed E-state index contributed by atoms with van der Waals surface area (Å²) in [7, 11) is 0. The fourth-order valence-electron chi connectivity index (χ4n) is 2.30. The van der Waals surface area contributed by atoms with Crippen LogP contribution in [-0.2, 0) is 0 Å². The molecule has 1 heterocycles. The van der Waals surface area contributed by atoms with Crippen molar-refractivity contribution in [2.24, 2.45) is 5.92 Å². The van der Waals surface area contributed by atoms with Crippen LogP contribution in [0.25, 0.3) is 0 Å². The van der Waals surface area contributed by atoms with Crippen LogP contribution in [0, 0.1) is 5.92 Å². The first kappa shape index (κ1) is 13.7. The van der Waals surface area contributed by atoms with E-state index in [0.717, 1.165) is 38.3 Å². The molecule has 0 saturated carbocycles. The van der Waals surface area contributed by atoms with Crippen molar-refractivity contribution in [2.45, 2.75) is 19.8 Å². The van der Waals surface area contributed by atoms with Crippen LogP contribution in [0.4, 0.5) is 4.79 Å². The van der Waals surface area contributed by atoms with Crippen molar-refractivity contribution >= 4 is 6.03 Å². The molecule has 1 aromatic carbocycles. The molecule has 104 valence electrons. The third-order valence-corrected chi connectivity index (χ3v) is 3.46. The average molecular weight is 262 g/mol. The summed E-state index contributed by atoms with van der Waals surface area (Å²) in [5.41, 5.74) is 0. The van der Waals surface area contributed by atoms with E-state index in [4.69, 9.17) is 4.74 Å². The second kappa shape index (κ2) is 7.02. The van der Waals surface area contributed by atoms with Crippen LogP contribution < -0.4 is 10.1 Å². The Balaban J connectivity index is 1.70. The quantitative estimate of drug-likeness (QED) is 0.906. The number of carbonyl (C=O) groups is 1. The summed E-state index contributed by atoms with van der Waals surface area (Å²) in [5, 5.41) is 2.84. The van der Waals surface area contributed by atoms with Gasteiger partial charge < -0.3 is 15.0 Å². The molecule has 0 radical (unpaired) electrons. The number of para-hydroxylation sites is 1. The summed E-state index contributed by atoms with van der Waals surface area (Å²) in [6.45, 7) is 5.03. The number of likely N-dealkylation sites (tertiary alicyclic amines) is 1. The van der Waals surface area contributed by atoms with Crippen molar-refractivity contribution in [3.8, 4) is 5.75 Å². The maximum Gasteiger partial charge on any atom is 0.317 e. The number of benzene rings is 1. The molecule has 2 rings (SSSR count). The highest BCUT2D eigenvalue weighted by Crippen LogP contribution is 2.19. The molecule has 0 spiro atoms. The Morgan fingerprint density at radius 2 is 2.00 bits per heavy atom. The van der Waals surface area contributed by atoms with Gasteiger partial charge in [0.05, 0.1) is 6.61 Å². The highest BCUT2D eigenvalue weighted by Gasteiger charge is 2.22.